The van der Waals surface area contributed by atoms with E-state index in [0.29, 0.717) is 56.9 Å². The number of nitrogens with two attached hydrogens (primary N) is 1. The van der Waals surface area contributed by atoms with Gasteiger partial charge in [0.2, 0.25) is 15.9 Å². The van der Waals surface area contributed by atoms with Gasteiger partial charge >= 0.3 is 0 Å². The molecular formula is C28H36N4O6S. The molecule has 2 amide bonds. The summed E-state index contributed by atoms with van der Waals surface area (Å²) in [4.78, 5) is 29.6. The van der Waals surface area contributed by atoms with E-state index in [0.717, 1.165) is 16.7 Å². The van der Waals surface area contributed by atoms with Crippen LogP contribution in [0.1, 0.15) is 30.1 Å². The number of sulfonamides is 1. The lowest BCUT2D eigenvalue weighted by molar-refractivity contribution is -0.149. The van der Waals surface area contributed by atoms with Crippen molar-refractivity contribution in [3.8, 4) is 5.75 Å². The van der Waals surface area contributed by atoms with Crippen molar-refractivity contribution in [1.29, 1.82) is 0 Å². The Hall–Kier alpha value is -3.41. The second-order valence-electron chi connectivity index (χ2n) is 9.79. The second kappa shape index (κ2) is 12.2. The maximum Gasteiger partial charge on any atom is 0.257 e. The molecule has 2 aromatic carbocycles. The number of amides is 2. The summed E-state index contributed by atoms with van der Waals surface area (Å²) in [6.45, 7) is 7.34. The average Bonchev–Trinajstić information content (AvgIpc) is 2.94. The molecule has 2 saturated heterocycles. The molecule has 0 bridgehead atoms. The smallest absolute Gasteiger partial charge is 0.257 e. The van der Waals surface area contributed by atoms with Crippen LogP contribution in [-0.4, -0.2) is 81.4 Å². The van der Waals surface area contributed by atoms with Gasteiger partial charge in [0.25, 0.3) is 5.91 Å². The first-order valence-electron chi connectivity index (χ1n) is 13.0. The molecule has 2 aromatic rings. The van der Waals surface area contributed by atoms with Gasteiger partial charge in [0.1, 0.15) is 17.9 Å². The molecule has 210 valence electrons. The van der Waals surface area contributed by atoms with Gasteiger partial charge in [-0.05, 0) is 49.1 Å². The van der Waals surface area contributed by atoms with Crippen molar-refractivity contribution < 1.29 is 27.5 Å². The number of carbonyl (C=O) groups excluding carboxylic acids is 2. The van der Waals surface area contributed by atoms with Crippen molar-refractivity contribution >= 4 is 27.5 Å². The fraction of sp³-hybridized carbons (Fsp3) is 0.429. The zero-order valence-corrected chi connectivity index (χ0v) is 23.2. The SMILES string of the molecule is C=CS(=O)(=O)N1CCC(Oc2ccc(C(OC)C(=O)N3CCN(c4ccccc4C)CC3C(N)=O)cc2)CC1. The maximum absolute atomic E-state index is 13.6. The molecule has 11 heteroatoms. The van der Waals surface area contributed by atoms with Crippen LogP contribution in [-0.2, 0) is 24.3 Å². The highest BCUT2D eigenvalue weighted by molar-refractivity contribution is 7.92. The van der Waals surface area contributed by atoms with Gasteiger partial charge in [-0.3, -0.25) is 9.59 Å². The van der Waals surface area contributed by atoms with Gasteiger partial charge < -0.3 is 25.0 Å². The molecule has 0 spiro atoms. The molecule has 0 saturated carbocycles. The minimum absolute atomic E-state index is 0.118. The lowest BCUT2D eigenvalue weighted by atomic mass is 10.0. The quantitative estimate of drug-likeness (QED) is 0.502. The molecule has 2 heterocycles. The first-order chi connectivity index (χ1) is 18.6. The Morgan fingerprint density at radius 1 is 1.05 bits per heavy atom. The van der Waals surface area contributed by atoms with Crippen LogP contribution in [0.2, 0.25) is 0 Å². The number of benzene rings is 2. The number of ether oxygens (including phenoxy) is 2. The molecule has 10 nitrogen and oxygen atoms in total. The van der Waals surface area contributed by atoms with E-state index in [2.05, 4.69) is 11.5 Å². The van der Waals surface area contributed by atoms with E-state index in [4.69, 9.17) is 15.2 Å². The van der Waals surface area contributed by atoms with E-state index in [1.165, 1.54) is 16.3 Å². The maximum atomic E-state index is 13.6. The highest BCUT2D eigenvalue weighted by atomic mass is 32.2. The van der Waals surface area contributed by atoms with Crippen molar-refractivity contribution in [3.63, 3.8) is 0 Å². The largest absolute Gasteiger partial charge is 0.490 e. The fourth-order valence-corrected chi connectivity index (χ4v) is 6.11. The third kappa shape index (κ3) is 6.43. The molecule has 0 aliphatic carbocycles. The lowest BCUT2D eigenvalue weighted by Crippen LogP contribution is -2.61. The van der Waals surface area contributed by atoms with E-state index in [-0.39, 0.29) is 12.0 Å². The van der Waals surface area contributed by atoms with Crippen LogP contribution in [0.4, 0.5) is 5.69 Å². The zero-order chi connectivity index (χ0) is 28.2. The number of hydrogen-bond donors (Lipinski definition) is 1. The number of carbonyl (C=O) groups is 2. The second-order valence-corrected chi connectivity index (χ2v) is 11.7. The summed E-state index contributed by atoms with van der Waals surface area (Å²) in [5.41, 5.74) is 8.48. The van der Waals surface area contributed by atoms with E-state index >= 15 is 0 Å². The van der Waals surface area contributed by atoms with Crippen molar-refractivity contribution in [1.82, 2.24) is 9.21 Å². The van der Waals surface area contributed by atoms with E-state index in [1.54, 1.807) is 24.3 Å². The number of aryl methyl sites for hydroxylation is 1. The summed E-state index contributed by atoms with van der Waals surface area (Å²) in [6.07, 6.45) is 0.111. The van der Waals surface area contributed by atoms with Crippen LogP contribution >= 0.6 is 0 Å². The molecule has 2 unspecified atom stereocenters. The predicted molar refractivity (Wildman–Crippen MR) is 149 cm³/mol. The molecule has 2 fully saturated rings. The summed E-state index contributed by atoms with van der Waals surface area (Å²) in [6, 6.07) is 14.2. The third-order valence-electron chi connectivity index (χ3n) is 7.37. The Balaban J connectivity index is 1.40. The minimum atomic E-state index is -3.42. The first-order valence-corrected chi connectivity index (χ1v) is 14.5. The number of nitrogens with zero attached hydrogens (tertiary/aromatic N) is 3. The van der Waals surface area contributed by atoms with E-state index in [1.807, 2.05) is 31.2 Å². The summed E-state index contributed by atoms with van der Waals surface area (Å²) in [5, 5.41) is 0.968. The number of methoxy groups -OCH3 is 1. The Morgan fingerprint density at radius 3 is 2.31 bits per heavy atom. The van der Waals surface area contributed by atoms with Crippen LogP contribution < -0.4 is 15.4 Å². The predicted octanol–water partition coefficient (Wildman–Crippen LogP) is 2.20. The standard InChI is InChI=1S/C28H36N4O6S/c1-4-39(35,36)31-15-13-23(14-16-31)38-22-11-9-21(10-12-22)26(37-3)28(34)32-18-17-30(19-25(32)27(29)33)24-8-6-5-7-20(24)2/h4-12,23,25-26H,1,13-19H2,2-3H3,(H2,29,33). The van der Waals surface area contributed by atoms with Gasteiger partial charge in [-0.1, -0.05) is 36.9 Å². The third-order valence-corrected chi connectivity index (χ3v) is 8.87. The van der Waals surface area contributed by atoms with Crippen LogP contribution in [0, 0.1) is 6.92 Å². The molecule has 2 aliphatic heterocycles. The normalized spacial score (nSPS) is 19.9. The first kappa shape index (κ1) is 28.6. The summed E-state index contributed by atoms with van der Waals surface area (Å²) in [5.74, 6) is -0.268. The fourth-order valence-electron chi connectivity index (χ4n) is 5.18. The average molecular weight is 557 g/mol. The number of para-hydroxylation sites is 1. The Kier molecular flexibility index (Phi) is 8.94. The van der Waals surface area contributed by atoms with Gasteiger partial charge in [-0.25, -0.2) is 8.42 Å². The summed E-state index contributed by atoms with van der Waals surface area (Å²) < 4.78 is 37.0. The number of piperazine rings is 1. The minimum Gasteiger partial charge on any atom is -0.490 e. The summed E-state index contributed by atoms with van der Waals surface area (Å²) >= 11 is 0. The number of anilines is 1. The number of primary amides is 1. The summed E-state index contributed by atoms with van der Waals surface area (Å²) in [7, 11) is -1.96. The van der Waals surface area contributed by atoms with E-state index in [9.17, 15) is 18.0 Å². The molecular weight excluding hydrogens is 520 g/mol. The lowest BCUT2D eigenvalue weighted by Gasteiger charge is -2.42. The molecule has 2 N–H and O–H groups in total. The van der Waals surface area contributed by atoms with Crippen LogP contribution in [0.25, 0.3) is 0 Å². The molecule has 39 heavy (non-hydrogen) atoms. The Labute approximate surface area is 230 Å². The van der Waals surface area contributed by atoms with Gasteiger partial charge in [0.15, 0.2) is 6.10 Å². The monoisotopic (exact) mass is 556 g/mol. The molecule has 2 aliphatic rings. The molecule has 0 radical (unpaired) electrons. The Morgan fingerprint density at radius 2 is 1.72 bits per heavy atom. The zero-order valence-electron chi connectivity index (χ0n) is 22.4. The van der Waals surface area contributed by atoms with E-state index < -0.39 is 28.1 Å². The van der Waals surface area contributed by atoms with Gasteiger partial charge in [-0.15, -0.1) is 0 Å². The van der Waals surface area contributed by atoms with Crippen molar-refractivity contribution in [3.05, 3.63) is 71.6 Å². The number of piperidine rings is 1. The Bertz CT molecular complexity index is 1290. The van der Waals surface area contributed by atoms with Gasteiger partial charge in [-0.2, -0.15) is 4.31 Å². The van der Waals surface area contributed by atoms with Crippen molar-refractivity contribution in [2.24, 2.45) is 5.73 Å². The van der Waals surface area contributed by atoms with Crippen LogP contribution in [0.15, 0.2) is 60.5 Å². The van der Waals surface area contributed by atoms with Crippen molar-refractivity contribution in [2.45, 2.75) is 38.0 Å². The highest BCUT2D eigenvalue weighted by Crippen LogP contribution is 2.28. The van der Waals surface area contributed by atoms with Crippen molar-refractivity contribution in [2.75, 3.05) is 44.7 Å². The molecule has 4 rings (SSSR count). The van der Waals surface area contributed by atoms with Crippen LogP contribution in [0.3, 0.4) is 0 Å². The highest BCUT2D eigenvalue weighted by Gasteiger charge is 2.38. The number of rotatable bonds is 9. The van der Waals surface area contributed by atoms with Gasteiger partial charge in [0.05, 0.1) is 0 Å². The molecule has 2 atom stereocenters. The van der Waals surface area contributed by atoms with Crippen LogP contribution in [0.5, 0.6) is 5.75 Å². The molecule has 0 aromatic heterocycles. The topological polar surface area (TPSA) is 122 Å². The number of hydrogen-bond acceptors (Lipinski definition) is 7. The van der Waals surface area contributed by atoms with Gasteiger partial charge in [0, 0.05) is 50.9 Å².